The lowest BCUT2D eigenvalue weighted by molar-refractivity contribution is -0.121. The Labute approximate surface area is 177 Å². The number of amides is 2. The summed E-state index contributed by atoms with van der Waals surface area (Å²) < 4.78 is 10.6. The highest BCUT2D eigenvalue weighted by Crippen LogP contribution is 2.13. The molecular formula is C21H23BrN2O5. The monoisotopic (exact) mass is 462 g/mol. The Morgan fingerprint density at radius 3 is 2.24 bits per heavy atom. The molecule has 0 bridgehead atoms. The normalized spacial score (nSPS) is 10.1. The minimum Gasteiger partial charge on any atom is -0.434 e. The van der Waals surface area contributed by atoms with Gasteiger partial charge in [0.05, 0.1) is 6.61 Å². The number of benzene rings is 2. The van der Waals surface area contributed by atoms with Crippen LogP contribution in [0.4, 0.5) is 4.79 Å². The SMILES string of the molecule is CCOC(=O)Oc1ccc(C(=O)NCCNC(=O)CCc2ccc(Br)cc2)cc1. The number of rotatable bonds is 9. The number of carbonyl (C=O) groups is 3. The first kappa shape index (κ1) is 22.4. The summed E-state index contributed by atoms with van der Waals surface area (Å²) in [5.74, 6) is -0.0579. The van der Waals surface area contributed by atoms with Crippen LogP contribution < -0.4 is 15.4 Å². The van der Waals surface area contributed by atoms with Crippen LogP contribution in [-0.2, 0) is 16.0 Å². The van der Waals surface area contributed by atoms with E-state index >= 15 is 0 Å². The van der Waals surface area contributed by atoms with Crippen LogP contribution in [0.15, 0.2) is 53.0 Å². The van der Waals surface area contributed by atoms with Gasteiger partial charge in [0.2, 0.25) is 5.91 Å². The summed E-state index contributed by atoms with van der Waals surface area (Å²) in [6, 6.07) is 13.9. The van der Waals surface area contributed by atoms with Gasteiger partial charge in [-0.2, -0.15) is 0 Å². The summed E-state index contributed by atoms with van der Waals surface area (Å²) in [4.78, 5) is 35.2. The average molecular weight is 463 g/mol. The van der Waals surface area contributed by atoms with E-state index < -0.39 is 6.16 Å². The number of carbonyl (C=O) groups excluding carboxylic acids is 3. The molecule has 0 heterocycles. The van der Waals surface area contributed by atoms with Crippen LogP contribution in [0.1, 0.15) is 29.3 Å². The molecule has 2 N–H and O–H groups in total. The van der Waals surface area contributed by atoms with Gasteiger partial charge in [-0.1, -0.05) is 28.1 Å². The molecule has 0 fully saturated rings. The Hall–Kier alpha value is -2.87. The standard InChI is InChI=1S/C21H23BrN2O5/c1-2-28-21(27)29-18-10-6-16(7-11-18)20(26)24-14-13-23-19(25)12-5-15-3-8-17(22)9-4-15/h3-4,6-11H,2,5,12-14H2,1H3,(H,23,25)(H,24,26). The van der Waals surface area contributed by atoms with E-state index in [2.05, 4.69) is 31.3 Å². The van der Waals surface area contributed by atoms with Crippen molar-refractivity contribution in [3.63, 3.8) is 0 Å². The lowest BCUT2D eigenvalue weighted by atomic mass is 10.1. The molecule has 0 aliphatic rings. The number of hydrogen-bond acceptors (Lipinski definition) is 5. The maximum atomic E-state index is 12.1. The molecule has 0 atom stereocenters. The van der Waals surface area contributed by atoms with E-state index in [0.29, 0.717) is 31.5 Å². The second-order valence-corrected chi connectivity index (χ2v) is 6.96. The van der Waals surface area contributed by atoms with Crippen molar-refractivity contribution >= 4 is 33.9 Å². The second kappa shape index (κ2) is 11.9. The predicted octanol–water partition coefficient (Wildman–Crippen LogP) is 3.46. The average Bonchev–Trinajstić information content (AvgIpc) is 2.71. The highest BCUT2D eigenvalue weighted by molar-refractivity contribution is 9.10. The van der Waals surface area contributed by atoms with Crippen molar-refractivity contribution in [3.8, 4) is 5.75 Å². The number of ether oxygens (including phenoxy) is 2. The Kier molecular flexibility index (Phi) is 9.17. The fraction of sp³-hybridized carbons (Fsp3) is 0.286. The van der Waals surface area contributed by atoms with Gasteiger partial charge in [0, 0.05) is 29.5 Å². The summed E-state index contributed by atoms with van der Waals surface area (Å²) in [7, 11) is 0. The Morgan fingerprint density at radius 1 is 0.931 bits per heavy atom. The number of aryl methyl sites for hydroxylation is 1. The molecular weight excluding hydrogens is 440 g/mol. The topological polar surface area (TPSA) is 93.7 Å². The van der Waals surface area contributed by atoms with Gasteiger partial charge in [-0.3, -0.25) is 9.59 Å². The predicted molar refractivity (Wildman–Crippen MR) is 112 cm³/mol. The lowest BCUT2D eigenvalue weighted by Gasteiger charge is -2.08. The van der Waals surface area contributed by atoms with Gasteiger partial charge in [0.1, 0.15) is 5.75 Å². The smallest absolute Gasteiger partial charge is 0.434 e. The van der Waals surface area contributed by atoms with Crippen molar-refractivity contribution in [1.82, 2.24) is 10.6 Å². The Morgan fingerprint density at radius 2 is 1.59 bits per heavy atom. The van der Waals surface area contributed by atoms with E-state index in [0.717, 1.165) is 10.0 Å². The molecule has 29 heavy (non-hydrogen) atoms. The van der Waals surface area contributed by atoms with Crippen LogP contribution in [0, 0.1) is 0 Å². The van der Waals surface area contributed by atoms with Crippen molar-refractivity contribution in [2.45, 2.75) is 19.8 Å². The minimum absolute atomic E-state index is 0.0670. The number of hydrogen-bond donors (Lipinski definition) is 2. The molecule has 0 saturated heterocycles. The van der Waals surface area contributed by atoms with E-state index in [4.69, 9.17) is 4.74 Å². The summed E-state index contributed by atoms with van der Waals surface area (Å²) in [6.07, 6.45) is 0.254. The summed E-state index contributed by atoms with van der Waals surface area (Å²) >= 11 is 3.38. The van der Waals surface area contributed by atoms with Gasteiger partial charge in [-0.05, 0) is 55.3 Å². The van der Waals surface area contributed by atoms with Crippen molar-refractivity contribution < 1.29 is 23.9 Å². The quantitative estimate of drug-likeness (QED) is 0.338. The molecule has 0 saturated carbocycles. The van der Waals surface area contributed by atoms with E-state index in [-0.39, 0.29) is 24.2 Å². The highest BCUT2D eigenvalue weighted by atomic mass is 79.9. The van der Waals surface area contributed by atoms with Crippen molar-refractivity contribution in [2.24, 2.45) is 0 Å². The van der Waals surface area contributed by atoms with Crippen molar-refractivity contribution in [1.29, 1.82) is 0 Å². The molecule has 154 valence electrons. The van der Waals surface area contributed by atoms with Crippen LogP contribution in [0.2, 0.25) is 0 Å². The first-order valence-electron chi connectivity index (χ1n) is 9.22. The zero-order chi connectivity index (χ0) is 21.1. The van der Waals surface area contributed by atoms with Crippen LogP contribution >= 0.6 is 15.9 Å². The summed E-state index contributed by atoms with van der Waals surface area (Å²) in [5, 5.41) is 5.50. The Bertz CT molecular complexity index is 822. The molecule has 2 aromatic carbocycles. The van der Waals surface area contributed by atoms with E-state index in [1.165, 1.54) is 12.1 Å². The van der Waals surface area contributed by atoms with Crippen molar-refractivity contribution in [2.75, 3.05) is 19.7 Å². The fourth-order valence-electron chi connectivity index (χ4n) is 2.40. The lowest BCUT2D eigenvalue weighted by Crippen LogP contribution is -2.34. The number of halogens is 1. The third kappa shape index (κ3) is 8.35. The largest absolute Gasteiger partial charge is 0.513 e. The van der Waals surface area contributed by atoms with E-state index in [9.17, 15) is 14.4 Å². The molecule has 0 radical (unpaired) electrons. The molecule has 0 aliphatic carbocycles. The summed E-state index contributed by atoms with van der Waals surface area (Å²) in [6.45, 7) is 2.55. The second-order valence-electron chi connectivity index (χ2n) is 6.04. The zero-order valence-corrected chi connectivity index (χ0v) is 17.7. The molecule has 0 aromatic heterocycles. The fourth-order valence-corrected chi connectivity index (χ4v) is 2.66. The highest BCUT2D eigenvalue weighted by Gasteiger charge is 2.08. The van der Waals surface area contributed by atoms with Crippen LogP contribution in [-0.4, -0.2) is 37.7 Å². The molecule has 2 amide bonds. The molecule has 0 unspecified atom stereocenters. The minimum atomic E-state index is -0.791. The van der Waals surface area contributed by atoms with Crippen LogP contribution in [0.25, 0.3) is 0 Å². The molecule has 2 aromatic rings. The number of nitrogens with one attached hydrogen (secondary N) is 2. The van der Waals surface area contributed by atoms with E-state index in [1.54, 1.807) is 19.1 Å². The molecule has 8 heteroatoms. The van der Waals surface area contributed by atoms with Gasteiger partial charge in [-0.15, -0.1) is 0 Å². The maximum absolute atomic E-state index is 12.1. The summed E-state index contributed by atoms with van der Waals surface area (Å²) in [5.41, 5.74) is 1.51. The van der Waals surface area contributed by atoms with Gasteiger partial charge in [0.25, 0.3) is 5.91 Å². The van der Waals surface area contributed by atoms with Gasteiger partial charge < -0.3 is 20.1 Å². The first-order valence-corrected chi connectivity index (χ1v) is 10.0. The third-order valence-electron chi connectivity index (χ3n) is 3.87. The van der Waals surface area contributed by atoms with Crippen LogP contribution in [0.5, 0.6) is 5.75 Å². The molecule has 7 nitrogen and oxygen atoms in total. The van der Waals surface area contributed by atoms with Gasteiger partial charge >= 0.3 is 6.16 Å². The van der Waals surface area contributed by atoms with Gasteiger partial charge in [-0.25, -0.2) is 4.79 Å². The van der Waals surface area contributed by atoms with Gasteiger partial charge in [0.15, 0.2) is 0 Å². The first-order chi connectivity index (χ1) is 14.0. The zero-order valence-electron chi connectivity index (χ0n) is 16.1. The molecule has 2 rings (SSSR count). The van der Waals surface area contributed by atoms with E-state index in [1.807, 2.05) is 24.3 Å². The van der Waals surface area contributed by atoms with Crippen LogP contribution in [0.3, 0.4) is 0 Å². The Balaban J connectivity index is 1.65. The molecule has 0 spiro atoms. The molecule has 0 aliphatic heterocycles. The van der Waals surface area contributed by atoms with Crippen molar-refractivity contribution in [3.05, 3.63) is 64.1 Å². The maximum Gasteiger partial charge on any atom is 0.513 e. The third-order valence-corrected chi connectivity index (χ3v) is 4.40.